The minimum atomic E-state index is -0.280. The lowest BCUT2D eigenvalue weighted by atomic mass is 10.1. The lowest BCUT2D eigenvalue weighted by Gasteiger charge is -2.15. The molecule has 104 valence electrons. The zero-order chi connectivity index (χ0) is 14.0. The topological polar surface area (TPSA) is 70.9 Å². The molecule has 0 saturated heterocycles. The first-order chi connectivity index (χ1) is 9.10. The van der Waals surface area contributed by atoms with Gasteiger partial charge in [-0.15, -0.1) is 0 Å². The molecule has 0 spiro atoms. The Morgan fingerprint density at radius 1 is 1.37 bits per heavy atom. The molecule has 0 aromatic carbocycles. The molecule has 0 aliphatic carbocycles. The minimum absolute atomic E-state index is 0.280. The Bertz CT molecular complexity index is 557. The Labute approximate surface area is 113 Å². The van der Waals surface area contributed by atoms with Crippen molar-refractivity contribution < 1.29 is 4.74 Å². The van der Waals surface area contributed by atoms with Crippen LogP contribution < -0.4 is 10.5 Å². The van der Waals surface area contributed by atoms with E-state index in [9.17, 15) is 0 Å². The summed E-state index contributed by atoms with van der Waals surface area (Å²) in [6.07, 6.45) is 4.52. The van der Waals surface area contributed by atoms with E-state index in [2.05, 4.69) is 17.1 Å². The molecule has 2 aromatic heterocycles. The summed E-state index contributed by atoms with van der Waals surface area (Å²) in [5.74, 6) is 0.726. The molecular weight excluding hydrogens is 242 g/mol. The highest BCUT2D eigenvalue weighted by Crippen LogP contribution is 2.29. The van der Waals surface area contributed by atoms with Crippen LogP contribution in [-0.2, 0) is 13.6 Å². The van der Waals surface area contributed by atoms with Crippen LogP contribution >= 0.6 is 0 Å². The predicted octanol–water partition coefficient (Wildman–Crippen LogP) is 1.39. The zero-order valence-corrected chi connectivity index (χ0v) is 11.9. The molecule has 2 aromatic rings. The normalized spacial score (nSPS) is 12.7. The fraction of sp³-hybridized carbons (Fsp3) is 0.538. The molecule has 0 bridgehead atoms. The third kappa shape index (κ3) is 2.35. The van der Waals surface area contributed by atoms with E-state index >= 15 is 0 Å². The lowest BCUT2D eigenvalue weighted by molar-refractivity contribution is 0.404. The first kappa shape index (κ1) is 13.6. The Morgan fingerprint density at radius 3 is 2.63 bits per heavy atom. The molecule has 1 unspecified atom stereocenters. The summed E-state index contributed by atoms with van der Waals surface area (Å²) in [7, 11) is 3.55. The molecule has 0 radical (unpaired) electrons. The van der Waals surface area contributed by atoms with Gasteiger partial charge in [0, 0.05) is 24.8 Å². The van der Waals surface area contributed by atoms with Crippen LogP contribution in [-0.4, -0.2) is 26.7 Å². The average molecular weight is 263 g/mol. The third-order valence-corrected chi connectivity index (χ3v) is 3.40. The van der Waals surface area contributed by atoms with Crippen molar-refractivity contribution in [3.05, 3.63) is 29.3 Å². The molecule has 0 saturated carbocycles. The molecule has 0 fully saturated rings. The molecule has 0 amide bonds. The molecule has 0 aliphatic heterocycles. The van der Waals surface area contributed by atoms with Crippen LogP contribution in [0.25, 0.3) is 0 Å². The highest BCUT2D eigenvalue weighted by Gasteiger charge is 2.23. The summed E-state index contributed by atoms with van der Waals surface area (Å²) in [4.78, 5) is 0. The quantitative estimate of drug-likeness (QED) is 0.885. The van der Waals surface area contributed by atoms with E-state index in [1.165, 1.54) is 0 Å². The SMILES string of the molecule is CCCn1ncc(OC)c1C(N)c1cnn(C)c1C. The van der Waals surface area contributed by atoms with Gasteiger partial charge in [0.05, 0.1) is 25.5 Å². The van der Waals surface area contributed by atoms with Crippen molar-refractivity contribution in [2.75, 3.05) is 7.11 Å². The minimum Gasteiger partial charge on any atom is -0.493 e. The second-order valence-electron chi connectivity index (χ2n) is 4.61. The van der Waals surface area contributed by atoms with E-state index in [-0.39, 0.29) is 6.04 Å². The Balaban J connectivity index is 2.45. The molecule has 0 aliphatic rings. The van der Waals surface area contributed by atoms with E-state index in [0.29, 0.717) is 0 Å². The fourth-order valence-corrected chi connectivity index (χ4v) is 2.21. The van der Waals surface area contributed by atoms with E-state index in [4.69, 9.17) is 10.5 Å². The molecule has 1 atom stereocenters. The summed E-state index contributed by atoms with van der Waals surface area (Å²) in [5.41, 5.74) is 9.34. The highest BCUT2D eigenvalue weighted by atomic mass is 16.5. The number of aryl methyl sites for hydroxylation is 2. The van der Waals surface area contributed by atoms with Gasteiger partial charge in [-0.2, -0.15) is 10.2 Å². The molecule has 19 heavy (non-hydrogen) atoms. The first-order valence-corrected chi connectivity index (χ1v) is 6.43. The first-order valence-electron chi connectivity index (χ1n) is 6.43. The summed E-state index contributed by atoms with van der Waals surface area (Å²) in [6.45, 7) is 4.94. The van der Waals surface area contributed by atoms with Crippen LogP contribution in [0.3, 0.4) is 0 Å². The Morgan fingerprint density at radius 2 is 2.11 bits per heavy atom. The van der Waals surface area contributed by atoms with Gasteiger partial charge in [-0.25, -0.2) is 0 Å². The van der Waals surface area contributed by atoms with Crippen LogP contribution in [0.1, 0.15) is 36.3 Å². The maximum atomic E-state index is 6.39. The lowest BCUT2D eigenvalue weighted by Crippen LogP contribution is -2.19. The molecule has 2 rings (SSSR count). The maximum absolute atomic E-state index is 6.39. The number of methoxy groups -OCH3 is 1. The summed E-state index contributed by atoms with van der Waals surface area (Å²) in [6, 6.07) is -0.280. The van der Waals surface area contributed by atoms with Crippen molar-refractivity contribution in [1.29, 1.82) is 0 Å². The van der Waals surface area contributed by atoms with Gasteiger partial charge in [-0.3, -0.25) is 9.36 Å². The van der Waals surface area contributed by atoms with Crippen molar-refractivity contribution >= 4 is 0 Å². The summed E-state index contributed by atoms with van der Waals surface area (Å²) in [5, 5.41) is 8.59. The smallest absolute Gasteiger partial charge is 0.161 e. The Hall–Kier alpha value is -1.82. The molecule has 6 heteroatoms. The highest BCUT2D eigenvalue weighted by molar-refractivity contribution is 5.36. The van der Waals surface area contributed by atoms with Gasteiger partial charge >= 0.3 is 0 Å². The number of nitrogens with two attached hydrogens (primary N) is 1. The van der Waals surface area contributed by atoms with Gasteiger partial charge in [0.1, 0.15) is 5.69 Å². The fourth-order valence-electron chi connectivity index (χ4n) is 2.21. The Kier molecular flexibility index (Phi) is 3.90. The number of rotatable bonds is 5. The summed E-state index contributed by atoms with van der Waals surface area (Å²) >= 11 is 0. The van der Waals surface area contributed by atoms with Crippen molar-refractivity contribution in [3.8, 4) is 5.75 Å². The van der Waals surface area contributed by atoms with Gasteiger partial charge in [-0.1, -0.05) is 6.92 Å². The van der Waals surface area contributed by atoms with Crippen molar-refractivity contribution in [1.82, 2.24) is 19.6 Å². The third-order valence-electron chi connectivity index (χ3n) is 3.40. The average Bonchev–Trinajstić information content (AvgIpc) is 2.95. The van der Waals surface area contributed by atoms with Gasteiger partial charge < -0.3 is 10.5 Å². The molecule has 6 nitrogen and oxygen atoms in total. The van der Waals surface area contributed by atoms with E-state index in [1.807, 2.05) is 29.5 Å². The van der Waals surface area contributed by atoms with Gasteiger partial charge in [0.25, 0.3) is 0 Å². The maximum Gasteiger partial charge on any atom is 0.161 e. The van der Waals surface area contributed by atoms with Gasteiger partial charge in [0.15, 0.2) is 5.75 Å². The molecule has 2 heterocycles. The van der Waals surface area contributed by atoms with Crippen LogP contribution in [0.15, 0.2) is 12.4 Å². The number of nitrogens with zero attached hydrogens (tertiary/aromatic N) is 4. The van der Waals surface area contributed by atoms with Crippen LogP contribution in [0.4, 0.5) is 0 Å². The second-order valence-corrected chi connectivity index (χ2v) is 4.61. The standard InChI is InChI=1S/C13H21N5O/c1-5-6-18-13(11(19-4)8-16-18)12(14)10-7-15-17(3)9(10)2/h7-8,12H,5-6,14H2,1-4H3. The van der Waals surface area contributed by atoms with Crippen molar-refractivity contribution in [3.63, 3.8) is 0 Å². The van der Waals surface area contributed by atoms with Crippen LogP contribution in [0, 0.1) is 6.92 Å². The predicted molar refractivity (Wildman–Crippen MR) is 73.0 cm³/mol. The number of aromatic nitrogens is 4. The number of ether oxygens (including phenoxy) is 1. The van der Waals surface area contributed by atoms with Gasteiger partial charge in [0.2, 0.25) is 0 Å². The second kappa shape index (κ2) is 5.44. The van der Waals surface area contributed by atoms with Crippen LogP contribution in [0.5, 0.6) is 5.75 Å². The zero-order valence-electron chi connectivity index (χ0n) is 11.9. The van der Waals surface area contributed by atoms with Crippen LogP contribution in [0.2, 0.25) is 0 Å². The molecule has 2 N–H and O–H groups in total. The van der Waals surface area contributed by atoms with Crippen molar-refractivity contribution in [2.45, 2.75) is 32.9 Å². The van der Waals surface area contributed by atoms with Crippen molar-refractivity contribution in [2.24, 2.45) is 12.8 Å². The molecular formula is C13H21N5O. The summed E-state index contributed by atoms with van der Waals surface area (Å²) < 4.78 is 9.11. The number of hydrogen-bond acceptors (Lipinski definition) is 4. The largest absolute Gasteiger partial charge is 0.493 e. The van der Waals surface area contributed by atoms with E-state index in [0.717, 1.165) is 35.7 Å². The monoisotopic (exact) mass is 263 g/mol. The van der Waals surface area contributed by atoms with E-state index in [1.54, 1.807) is 13.3 Å². The number of hydrogen-bond donors (Lipinski definition) is 1. The van der Waals surface area contributed by atoms with E-state index < -0.39 is 0 Å². The van der Waals surface area contributed by atoms with Gasteiger partial charge in [-0.05, 0) is 13.3 Å².